The van der Waals surface area contributed by atoms with E-state index in [4.69, 9.17) is 5.73 Å². The van der Waals surface area contributed by atoms with E-state index in [-0.39, 0.29) is 6.54 Å². The standard InChI is InChI=1S/C11H14F2N2O/c1-11(2,6-15-10(14)16)8-4-3-7(12)5-9(8)13/h3-5H,6H2,1-2H3,(H3,14,15,16). The molecule has 1 aromatic carbocycles. The molecule has 0 spiro atoms. The zero-order valence-electron chi connectivity index (χ0n) is 9.18. The SMILES string of the molecule is CC(C)(CNC(N)=O)c1ccc(F)cc1F. The Morgan fingerprint density at radius 3 is 2.56 bits per heavy atom. The minimum atomic E-state index is -0.671. The Morgan fingerprint density at radius 1 is 1.44 bits per heavy atom. The van der Waals surface area contributed by atoms with E-state index in [0.29, 0.717) is 5.56 Å². The van der Waals surface area contributed by atoms with Gasteiger partial charge in [-0.1, -0.05) is 19.9 Å². The molecule has 0 saturated heterocycles. The third kappa shape index (κ3) is 2.92. The molecule has 0 aliphatic heterocycles. The lowest BCUT2D eigenvalue weighted by Crippen LogP contribution is -2.39. The molecule has 3 N–H and O–H groups in total. The predicted molar refractivity (Wildman–Crippen MR) is 57.0 cm³/mol. The number of nitrogens with one attached hydrogen (secondary N) is 1. The highest BCUT2D eigenvalue weighted by molar-refractivity contribution is 5.71. The number of rotatable bonds is 3. The number of urea groups is 1. The topological polar surface area (TPSA) is 55.1 Å². The van der Waals surface area contributed by atoms with Gasteiger partial charge in [0.25, 0.3) is 0 Å². The van der Waals surface area contributed by atoms with Gasteiger partial charge in [0, 0.05) is 18.0 Å². The highest BCUT2D eigenvalue weighted by Crippen LogP contribution is 2.25. The Balaban J connectivity index is 2.92. The van der Waals surface area contributed by atoms with Crippen LogP contribution in [0.25, 0.3) is 0 Å². The molecule has 0 saturated carbocycles. The lowest BCUT2D eigenvalue weighted by atomic mass is 9.84. The summed E-state index contributed by atoms with van der Waals surface area (Å²) in [5.41, 5.74) is 4.63. The Kier molecular flexibility index (Phi) is 3.47. The van der Waals surface area contributed by atoms with Gasteiger partial charge in [-0.15, -0.1) is 0 Å². The van der Waals surface area contributed by atoms with E-state index in [0.717, 1.165) is 6.07 Å². The Hall–Kier alpha value is -1.65. The van der Waals surface area contributed by atoms with Gasteiger partial charge in [0.2, 0.25) is 0 Å². The molecule has 0 atom stereocenters. The van der Waals surface area contributed by atoms with Crippen molar-refractivity contribution in [3.05, 3.63) is 35.4 Å². The van der Waals surface area contributed by atoms with E-state index in [9.17, 15) is 13.6 Å². The number of carbonyl (C=O) groups is 1. The van der Waals surface area contributed by atoms with Crippen molar-refractivity contribution in [1.29, 1.82) is 0 Å². The molecule has 0 aliphatic carbocycles. The summed E-state index contributed by atoms with van der Waals surface area (Å²) in [5.74, 6) is -1.25. The van der Waals surface area contributed by atoms with Crippen molar-refractivity contribution in [2.45, 2.75) is 19.3 Å². The number of halogens is 2. The molecule has 0 bridgehead atoms. The first-order valence-corrected chi connectivity index (χ1v) is 4.82. The number of primary amides is 1. The van der Waals surface area contributed by atoms with Gasteiger partial charge >= 0.3 is 6.03 Å². The van der Waals surface area contributed by atoms with Crippen LogP contribution in [0.1, 0.15) is 19.4 Å². The van der Waals surface area contributed by atoms with Crippen LogP contribution in [-0.4, -0.2) is 12.6 Å². The maximum Gasteiger partial charge on any atom is 0.312 e. The van der Waals surface area contributed by atoms with Crippen LogP contribution in [0.3, 0.4) is 0 Å². The number of hydrogen-bond acceptors (Lipinski definition) is 1. The minimum absolute atomic E-state index is 0.185. The summed E-state index contributed by atoms with van der Waals surface area (Å²) in [6, 6.07) is 2.70. The van der Waals surface area contributed by atoms with Crippen molar-refractivity contribution >= 4 is 6.03 Å². The van der Waals surface area contributed by atoms with Crippen molar-refractivity contribution in [3.8, 4) is 0 Å². The lowest BCUT2D eigenvalue weighted by molar-refractivity contribution is 0.246. The number of hydrogen-bond donors (Lipinski definition) is 2. The summed E-state index contributed by atoms with van der Waals surface area (Å²) >= 11 is 0. The summed E-state index contributed by atoms with van der Waals surface area (Å²) in [7, 11) is 0. The van der Waals surface area contributed by atoms with Crippen molar-refractivity contribution in [3.63, 3.8) is 0 Å². The molecular formula is C11H14F2N2O. The molecule has 0 aromatic heterocycles. The van der Waals surface area contributed by atoms with Crippen molar-refractivity contribution in [2.24, 2.45) is 5.73 Å². The molecule has 0 fully saturated rings. The van der Waals surface area contributed by atoms with Gasteiger partial charge in [-0.2, -0.15) is 0 Å². The van der Waals surface area contributed by atoms with Gasteiger partial charge < -0.3 is 11.1 Å². The van der Waals surface area contributed by atoms with Crippen LogP contribution >= 0.6 is 0 Å². The highest BCUT2D eigenvalue weighted by atomic mass is 19.1. The second-order valence-corrected chi connectivity index (χ2v) is 4.23. The zero-order chi connectivity index (χ0) is 12.3. The van der Waals surface area contributed by atoms with E-state index in [2.05, 4.69) is 5.32 Å². The molecule has 0 unspecified atom stereocenters. The van der Waals surface area contributed by atoms with Crippen molar-refractivity contribution in [2.75, 3.05) is 6.54 Å². The quantitative estimate of drug-likeness (QED) is 0.815. The van der Waals surface area contributed by atoms with Crippen LogP contribution in [0.2, 0.25) is 0 Å². The fraction of sp³-hybridized carbons (Fsp3) is 0.364. The summed E-state index contributed by atoms with van der Waals surface area (Å²) in [6.07, 6.45) is 0. The van der Waals surface area contributed by atoms with Crippen LogP contribution in [0.15, 0.2) is 18.2 Å². The highest BCUT2D eigenvalue weighted by Gasteiger charge is 2.24. The maximum absolute atomic E-state index is 13.5. The maximum atomic E-state index is 13.5. The molecule has 0 heterocycles. The smallest absolute Gasteiger partial charge is 0.312 e. The van der Waals surface area contributed by atoms with Crippen molar-refractivity contribution in [1.82, 2.24) is 5.32 Å². The van der Waals surface area contributed by atoms with E-state index in [1.165, 1.54) is 12.1 Å². The predicted octanol–water partition coefficient (Wildman–Crippen LogP) is 1.91. The minimum Gasteiger partial charge on any atom is -0.352 e. The summed E-state index contributed by atoms with van der Waals surface area (Å²) < 4.78 is 26.2. The van der Waals surface area contributed by atoms with E-state index >= 15 is 0 Å². The van der Waals surface area contributed by atoms with Gasteiger partial charge in [0.15, 0.2) is 0 Å². The molecule has 16 heavy (non-hydrogen) atoms. The summed E-state index contributed by atoms with van der Waals surface area (Å²) in [5, 5.41) is 2.40. The first-order valence-electron chi connectivity index (χ1n) is 4.82. The molecule has 3 nitrogen and oxygen atoms in total. The molecule has 5 heteroatoms. The van der Waals surface area contributed by atoms with Crippen LogP contribution < -0.4 is 11.1 Å². The fourth-order valence-electron chi connectivity index (χ4n) is 1.44. The second kappa shape index (κ2) is 4.47. The second-order valence-electron chi connectivity index (χ2n) is 4.23. The molecule has 0 radical (unpaired) electrons. The Morgan fingerprint density at radius 2 is 2.06 bits per heavy atom. The third-order valence-electron chi connectivity index (χ3n) is 2.36. The average molecular weight is 228 g/mol. The Bertz CT molecular complexity index is 405. The summed E-state index contributed by atoms with van der Waals surface area (Å²) in [6.45, 7) is 3.66. The molecule has 1 rings (SSSR count). The number of nitrogens with two attached hydrogens (primary N) is 1. The van der Waals surface area contributed by atoms with Gasteiger partial charge in [0.05, 0.1) is 0 Å². The van der Waals surface area contributed by atoms with E-state index in [1.54, 1.807) is 13.8 Å². The van der Waals surface area contributed by atoms with Gasteiger partial charge in [-0.3, -0.25) is 0 Å². The normalized spacial score (nSPS) is 11.2. The number of amides is 2. The first-order chi connectivity index (χ1) is 7.33. The zero-order valence-corrected chi connectivity index (χ0v) is 9.18. The van der Waals surface area contributed by atoms with Crippen molar-refractivity contribution < 1.29 is 13.6 Å². The van der Waals surface area contributed by atoms with Crippen LogP contribution in [0, 0.1) is 11.6 Å². The molecule has 1 aromatic rings. The van der Waals surface area contributed by atoms with E-state index < -0.39 is 23.1 Å². The van der Waals surface area contributed by atoms with Crippen LogP contribution in [-0.2, 0) is 5.41 Å². The Labute approximate surface area is 92.6 Å². The number of carbonyl (C=O) groups excluding carboxylic acids is 1. The monoisotopic (exact) mass is 228 g/mol. The van der Waals surface area contributed by atoms with Gasteiger partial charge in [0.1, 0.15) is 11.6 Å². The molecule has 2 amide bonds. The first kappa shape index (κ1) is 12.4. The fourth-order valence-corrected chi connectivity index (χ4v) is 1.44. The van der Waals surface area contributed by atoms with E-state index in [1.807, 2.05) is 0 Å². The summed E-state index contributed by atoms with van der Waals surface area (Å²) in [4.78, 5) is 10.6. The molecule has 88 valence electrons. The average Bonchev–Trinajstić information content (AvgIpc) is 2.14. The molecule has 0 aliphatic rings. The van der Waals surface area contributed by atoms with Gasteiger partial charge in [-0.05, 0) is 11.6 Å². The third-order valence-corrected chi connectivity index (χ3v) is 2.36. The largest absolute Gasteiger partial charge is 0.352 e. The van der Waals surface area contributed by atoms with Crippen LogP contribution in [0.4, 0.5) is 13.6 Å². The van der Waals surface area contributed by atoms with Gasteiger partial charge in [-0.25, -0.2) is 13.6 Å². The molecular weight excluding hydrogens is 214 g/mol. The number of benzene rings is 1. The lowest BCUT2D eigenvalue weighted by Gasteiger charge is -2.25. The van der Waals surface area contributed by atoms with Crippen LogP contribution in [0.5, 0.6) is 0 Å².